The number of ether oxygens (including phenoxy) is 1. The lowest BCUT2D eigenvalue weighted by molar-refractivity contribution is -0.122. The topological polar surface area (TPSA) is 103 Å². The van der Waals surface area contributed by atoms with Gasteiger partial charge in [-0.1, -0.05) is 0 Å². The van der Waals surface area contributed by atoms with Gasteiger partial charge in [-0.05, 0) is 30.5 Å². The van der Waals surface area contributed by atoms with E-state index in [2.05, 4.69) is 20.4 Å². The summed E-state index contributed by atoms with van der Waals surface area (Å²) in [7, 11) is 0. The van der Waals surface area contributed by atoms with E-state index in [-0.39, 0.29) is 29.6 Å². The Kier molecular flexibility index (Phi) is 7.22. The molecule has 1 aromatic carbocycles. The van der Waals surface area contributed by atoms with Gasteiger partial charge in [0, 0.05) is 64.0 Å². The van der Waals surface area contributed by atoms with E-state index in [0.29, 0.717) is 64.2 Å². The van der Waals surface area contributed by atoms with Crippen molar-refractivity contribution in [3.63, 3.8) is 0 Å². The lowest BCUT2D eigenvalue weighted by atomic mass is 9.99. The molecule has 2 saturated heterocycles. The number of aromatic nitrogens is 2. The standard InChI is InChI=1S/C24H26F3N7O3/c25-17-11-16(12-18(26)13-17)20-1-4-29-34(20)24(36)33-7-5-32(6-8-33)23-28-14-19(27)21(31-23)30-22(35)15-2-9-37-10-3-15/h4,11-15,20H,1-3,5-10H2,(H,28,30,31,35). The van der Waals surface area contributed by atoms with Crippen LogP contribution in [0, 0.1) is 23.4 Å². The molecule has 3 aliphatic heterocycles. The molecule has 2 aromatic rings. The smallest absolute Gasteiger partial charge is 0.341 e. The molecule has 13 heteroatoms. The molecule has 10 nitrogen and oxygen atoms in total. The Morgan fingerprint density at radius 2 is 1.70 bits per heavy atom. The van der Waals surface area contributed by atoms with Crippen LogP contribution in [-0.4, -0.2) is 77.4 Å². The number of carbonyl (C=O) groups is 2. The highest BCUT2D eigenvalue weighted by Crippen LogP contribution is 2.30. The minimum Gasteiger partial charge on any atom is -0.381 e. The number of anilines is 2. The van der Waals surface area contributed by atoms with E-state index in [9.17, 15) is 22.8 Å². The van der Waals surface area contributed by atoms with Gasteiger partial charge in [-0.3, -0.25) is 4.79 Å². The van der Waals surface area contributed by atoms with Crippen molar-refractivity contribution in [2.75, 3.05) is 49.6 Å². The lowest BCUT2D eigenvalue weighted by Crippen LogP contribution is -2.52. The molecule has 4 heterocycles. The van der Waals surface area contributed by atoms with Crippen molar-refractivity contribution < 1.29 is 27.5 Å². The van der Waals surface area contributed by atoms with Crippen LogP contribution in [0.25, 0.3) is 0 Å². The zero-order valence-corrected chi connectivity index (χ0v) is 19.9. The van der Waals surface area contributed by atoms with E-state index in [1.165, 1.54) is 17.1 Å². The zero-order chi connectivity index (χ0) is 25.9. The number of carbonyl (C=O) groups excluding carboxylic acids is 2. The number of nitrogens with one attached hydrogen (secondary N) is 1. The van der Waals surface area contributed by atoms with Gasteiger partial charge in [-0.15, -0.1) is 0 Å². The molecule has 196 valence electrons. The number of amides is 3. The summed E-state index contributed by atoms with van der Waals surface area (Å²) in [5.74, 6) is -2.68. The molecule has 1 aromatic heterocycles. The molecule has 0 bridgehead atoms. The number of benzene rings is 1. The largest absolute Gasteiger partial charge is 0.381 e. The molecule has 1 atom stereocenters. The Labute approximate surface area is 211 Å². The minimum absolute atomic E-state index is 0.184. The molecular weight excluding hydrogens is 491 g/mol. The zero-order valence-electron chi connectivity index (χ0n) is 19.9. The third-order valence-electron chi connectivity index (χ3n) is 6.69. The van der Waals surface area contributed by atoms with Gasteiger partial charge < -0.3 is 19.9 Å². The lowest BCUT2D eigenvalue weighted by Gasteiger charge is -2.37. The van der Waals surface area contributed by atoms with Crippen molar-refractivity contribution in [1.29, 1.82) is 0 Å². The van der Waals surface area contributed by atoms with Crippen LogP contribution in [0.5, 0.6) is 0 Å². The van der Waals surface area contributed by atoms with Crippen molar-refractivity contribution in [1.82, 2.24) is 19.9 Å². The predicted molar refractivity (Wildman–Crippen MR) is 127 cm³/mol. The van der Waals surface area contributed by atoms with Crippen molar-refractivity contribution >= 4 is 29.9 Å². The van der Waals surface area contributed by atoms with Gasteiger partial charge in [0.05, 0.1) is 12.2 Å². The summed E-state index contributed by atoms with van der Waals surface area (Å²) < 4.78 is 47.0. The van der Waals surface area contributed by atoms with E-state index in [4.69, 9.17) is 4.74 Å². The van der Waals surface area contributed by atoms with Gasteiger partial charge in [0.2, 0.25) is 11.9 Å². The highest BCUT2D eigenvalue weighted by Gasteiger charge is 2.34. The van der Waals surface area contributed by atoms with Gasteiger partial charge in [-0.2, -0.15) is 10.1 Å². The molecule has 37 heavy (non-hydrogen) atoms. The predicted octanol–water partition coefficient (Wildman–Crippen LogP) is 2.93. The Hall–Kier alpha value is -3.74. The normalized spacial score (nSPS) is 20.4. The summed E-state index contributed by atoms with van der Waals surface area (Å²) in [6.07, 6.45) is 4.04. The fourth-order valence-corrected chi connectivity index (χ4v) is 4.66. The number of hydrogen-bond acceptors (Lipinski definition) is 7. The van der Waals surface area contributed by atoms with E-state index in [1.54, 1.807) is 16.0 Å². The SMILES string of the molecule is O=C(Nc1nc(N2CCN(C(=O)N3N=CCC3c3cc(F)cc(F)c3)CC2)ncc1F)C1CCOCC1. The highest BCUT2D eigenvalue weighted by atomic mass is 19.1. The van der Waals surface area contributed by atoms with Crippen LogP contribution in [0.2, 0.25) is 0 Å². The first-order valence-corrected chi connectivity index (χ1v) is 12.1. The quantitative estimate of drug-likeness (QED) is 0.669. The highest BCUT2D eigenvalue weighted by molar-refractivity contribution is 5.92. The second kappa shape index (κ2) is 10.7. The van der Waals surface area contributed by atoms with Crippen molar-refractivity contribution in [3.8, 4) is 0 Å². The molecule has 0 saturated carbocycles. The average molecular weight is 518 g/mol. The van der Waals surface area contributed by atoms with E-state index in [1.807, 2.05) is 0 Å². The molecule has 3 amide bonds. The number of piperazine rings is 1. The molecule has 1 unspecified atom stereocenters. The summed E-state index contributed by atoms with van der Waals surface area (Å²) in [6, 6.07) is 2.20. The van der Waals surface area contributed by atoms with E-state index in [0.717, 1.165) is 12.3 Å². The second-order valence-electron chi connectivity index (χ2n) is 9.10. The van der Waals surface area contributed by atoms with Gasteiger partial charge >= 0.3 is 6.03 Å². The van der Waals surface area contributed by atoms with Crippen LogP contribution in [0.1, 0.15) is 30.9 Å². The summed E-state index contributed by atoms with van der Waals surface area (Å²) in [4.78, 5) is 37.3. The summed E-state index contributed by atoms with van der Waals surface area (Å²) >= 11 is 0. The fourth-order valence-electron chi connectivity index (χ4n) is 4.66. The number of rotatable bonds is 4. The van der Waals surface area contributed by atoms with Crippen molar-refractivity contribution in [2.45, 2.75) is 25.3 Å². The van der Waals surface area contributed by atoms with Crippen LogP contribution in [-0.2, 0) is 9.53 Å². The van der Waals surface area contributed by atoms with E-state index >= 15 is 0 Å². The van der Waals surface area contributed by atoms with Crippen LogP contribution >= 0.6 is 0 Å². The first-order chi connectivity index (χ1) is 17.9. The summed E-state index contributed by atoms with van der Waals surface area (Å²) in [5, 5.41) is 7.94. The second-order valence-corrected chi connectivity index (χ2v) is 9.10. The van der Waals surface area contributed by atoms with Crippen LogP contribution in [0.4, 0.5) is 29.7 Å². The van der Waals surface area contributed by atoms with Gasteiger partial charge in [-0.25, -0.2) is 28.0 Å². The van der Waals surface area contributed by atoms with Gasteiger partial charge in [0.1, 0.15) is 11.6 Å². The van der Waals surface area contributed by atoms with Crippen molar-refractivity contribution in [3.05, 3.63) is 47.4 Å². The van der Waals surface area contributed by atoms with Gasteiger partial charge in [0.25, 0.3) is 0 Å². The molecule has 0 radical (unpaired) electrons. The molecule has 5 rings (SSSR count). The number of hydrazone groups is 1. The maximum Gasteiger partial charge on any atom is 0.341 e. The number of urea groups is 1. The van der Waals surface area contributed by atoms with Crippen LogP contribution in [0.15, 0.2) is 29.5 Å². The third kappa shape index (κ3) is 5.50. The van der Waals surface area contributed by atoms with Crippen LogP contribution in [0.3, 0.4) is 0 Å². The first-order valence-electron chi connectivity index (χ1n) is 12.1. The summed E-state index contributed by atoms with van der Waals surface area (Å²) in [6.45, 7) is 2.31. The maximum absolute atomic E-state index is 14.3. The van der Waals surface area contributed by atoms with Gasteiger partial charge in [0.15, 0.2) is 11.6 Å². The Bertz CT molecular complexity index is 1180. The Morgan fingerprint density at radius 3 is 2.41 bits per heavy atom. The first kappa shape index (κ1) is 24.9. The Balaban J connectivity index is 1.21. The Morgan fingerprint density at radius 1 is 1.00 bits per heavy atom. The number of halogens is 3. The number of hydrogen-bond donors (Lipinski definition) is 1. The maximum atomic E-state index is 14.3. The average Bonchev–Trinajstić information content (AvgIpc) is 3.40. The van der Waals surface area contributed by atoms with Crippen molar-refractivity contribution in [2.24, 2.45) is 11.0 Å². The summed E-state index contributed by atoms with van der Waals surface area (Å²) in [5.41, 5.74) is 0.331. The monoisotopic (exact) mass is 517 g/mol. The number of nitrogens with zero attached hydrogens (tertiary/aromatic N) is 6. The molecule has 0 spiro atoms. The molecule has 1 N–H and O–H groups in total. The molecular formula is C24H26F3N7O3. The van der Waals surface area contributed by atoms with E-state index < -0.39 is 23.5 Å². The molecule has 0 aliphatic carbocycles. The molecule has 3 aliphatic rings. The molecule has 2 fully saturated rings. The van der Waals surface area contributed by atoms with Crippen LogP contribution < -0.4 is 10.2 Å². The fraction of sp³-hybridized carbons (Fsp3) is 0.458. The third-order valence-corrected chi connectivity index (χ3v) is 6.69. The minimum atomic E-state index is -0.732.